The predicted octanol–water partition coefficient (Wildman–Crippen LogP) is -0.220. The highest BCUT2D eigenvalue weighted by molar-refractivity contribution is 5.86. The Bertz CT molecular complexity index is 410. The van der Waals surface area contributed by atoms with Gasteiger partial charge in [-0.1, -0.05) is 6.42 Å². The van der Waals surface area contributed by atoms with Crippen LogP contribution in [0, 0.1) is 17.2 Å². The third kappa shape index (κ3) is 3.24. The Morgan fingerprint density at radius 3 is 2.95 bits per heavy atom. The van der Waals surface area contributed by atoms with E-state index < -0.39 is 5.60 Å². The van der Waals surface area contributed by atoms with Gasteiger partial charge in [0.25, 0.3) is 0 Å². The standard InChI is InChI=1S/C13H19N3O3/c14-5-4-13(19)8-16(9-13)11(17)7-10-3-1-2-6-15-12(10)18/h10,19H,1-4,6-9H2,(H,15,18). The molecule has 0 aromatic carbocycles. The molecule has 2 saturated heterocycles. The second-order valence-electron chi connectivity index (χ2n) is 5.50. The van der Waals surface area contributed by atoms with Crippen LogP contribution >= 0.6 is 0 Å². The van der Waals surface area contributed by atoms with Gasteiger partial charge in [-0.25, -0.2) is 0 Å². The Labute approximate surface area is 112 Å². The quantitative estimate of drug-likeness (QED) is 0.737. The van der Waals surface area contributed by atoms with E-state index >= 15 is 0 Å². The third-order valence-corrected chi connectivity index (χ3v) is 3.80. The van der Waals surface area contributed by atoms with Crippen molar-refractivity contribution in [3.05, 3.63) is 0 Å². The number of hydrogen-bond donors (Lipinski definition) is 2. The minimum absolute atomic E-state index is 0.0424. The van der Waals surface area contributed by atoms with E-state index in [9.17, 15) is 14.7 Å². The normalized spacial score (nSPS) is 25.8. The first-order valence-corrected chi connectivity index (χ1v) is 6.69. The van der Waals surface area contributed by atoms with Crippen LogP contribution < -0.4 is 5.32 Å². The average Bonchev–Trinajstić information content (AvgIpc) is 2.52. The molecule has 0 saturated carbocycles. The lowest BCUT2D eigenvalue weighted by atomic mass is 9.89. The van der Waals surface area contributed by atoms with Gasteiger partial charge in [0.05, 0.1) is 25.6 Å². The molecule has 0 radical (unpaired) electrons. The van der Waals surface area contributed by atoms with Crippen molar-refractivity contribution in [2.24, 2.45) is 5.92 Å². The highest BCUT2D eigenvalue weighted by atomic mass is 16.3. The fourth-order valence-corrected chi connectivity index (χ4v) is 2.64. The first kappa shape index (κ1) is 13.8. The minimum Gasteiger partial charge on any atom is -0.385 e. The van der Waals surface area contributed by atoms with Gasteiger partial charge in [0.15, 0.2) is 0 Å². The first-order valence-electron chi connectivity index (χ1n) is 6.69. The molecule has 2 fully saturated rings. The maximum atomic E-state index is 12.0. The Morgan fingerprint density at radius 1 is 1.53 bits per heavy atom. The van der Waals surface area contributed by atoms with Crippen molar-refractivity contribution in [3.8, 4) is 6.07 Å². The Hall–Kier alpha value is -1.61. The van der Waals surface area contributed by atoms with E-state index in [0.717, 1.165) is 19.3 Å². The predicted molar refractivity (Wildman–Crippen MR) is 66.7 cm³/mol. The Morgan fingerprint density at radius 2 is 2.26 bits per heavy atom. The molecule has 0 bridgehead atoms. The smallest absolute Gasteiger partial charge is 0.223 e. The number of likely N-dealkylation sites (tertiary alicyclic amines) is 1. The van der Waals surface area contributed by atoms with Crippen molar-refractivity contribution in [1.29, 1.82) is 5.26 Å². The van der Waals surface area contributed by atoms with Gasteiger partial charge in [-0.3, -0.25) is 9.59 Å². The van der Waals surface area contributed by atoms with Crippen molar-refractivity contribution in [2.45, 2.75) is 37.7 Å². The van der Waals surface area contributed by atoms with Gasteiger partial charge < -0.3 is 15.3 Å². The van der Waals surface area contributed by atoms with E-state index in [1.165, 1.54) is 4.90 Å². The number of nitrogens with zero attached hydrogens (tertiary/aromatic N) is 2. The molecule has 0 spiro atoms. The van der Waals surface area contributed by atoms with E-state index in [0.29, 0.717) is 6.54 Å². The summed E-state index contributed by atoms with van der Waals surface area (Å²) in [5.41, 5.74) is -1.05. The molecule has 1 atom stereocenters. The minimum atomic E-state index is -1.05. The molecule has 2 aliphatic heterocycles. The van der Waals surface area contributed by atoms with Gasteiger partial charge in [-0.15, -0.1) is 0 Å². The molecule has 2 N–H and O–H groups in total. The van der Waals surface area contributed by atoms with E-state index in [4.69, 9.17) is 5.26 Å². The summed E-state index contributed by atoms with van der Waals surface area (Å²) >= 11 is 0. The van der Waals surface area contributed by atoms with Gasteiger partial charge in [0.1, 0.15) is 5.60 Å². The summed E-state index contributed by atoms with van der Waals surface area (Å²) in [6, 6.07) is 1.91. The fourth-order valence-electron chi connectivity index (χ4n) is 2.64. The van der Waals surface area contributed by atoms with E-state index in [-0.39, 0.29) is 43.7 Å². The average molecular weight is 265 g/mol. The van der Waals surface area contributed by atoms with E-state index in [1.54, 1.807) is 0 Å². The molecular weight excluding hydrogens is 246 g/mol. The molecule has 2 amide bonds. The molecule has 6 heteroatoms. The first-order chi connectivity index (χ1) is 9.04. The largest absolute Gasteiger partial charge is 0.385 e. The van der Waals surface area contributed by atoms with Crippen LogP contribution in [-0.2, 0) is 9.59 Å². The second-order valence-corrected chi connectivity index (χ2v) is 5.50. The third-order valence-electron chi connectivity index (χ3n) is 3.80. The van der Waals surface area contributed by atoms with Crippen molar-refractivity contribution in [2.75, 3.05) is 19.6 Å². The molecule has 1 unspecified atom stereocenters. The molecule has 6 nitrogen and oxygen atoms in total. The maximum absolute atomic E-state index is 12.0. The zero-order chi connectivity index (χ0) is 13.9. The Balaban J connectivity index is 1.82. The summed E-state index contributed by atoms with van der Waals surface area (Å²) in [7, 11) is 0. The molecule has 2 rings (SSSR count). The van der Waals surface area contributed by atoms with Crippen molar-refractivity contribution < 1.29 is 14.7 Å². The second kappa shape index (κ2) is 5.57. The molecule has 104 valence electrons. The topological polar surface area (TPSA) is 93.4 Å². The lowest BCUT2D eigenvalue weighted by molar-refractivity contribution is -0.156. The number of carbonyl (C=O) groups is 2. The number of amides is 2. The summed E-state index contributed by atoms with van der Waals surface area (Å²) in [4.78, 5) is 25.3. The molecular formula is C13H19N3O3. The van der Waals surface area contributed by atoms with Gasteiger partial charge in [0.2, 0.25) is 11.8 Å². The van der Waals surface area contributed by atoms with Crippen LogP contribution in [0.2, 0.25) is 0 Å². The van der Waals surface area contributed by atoms with Crippen molar-refractivity contribution in [3.63, 3.8) is 0 Å². The van der Waals surface area contributed by atoms with Crippen LogP contribution in [-0.4, -0.2) is 47.1 Å². The monoisotopic (exact) mass is 265 g/mol. The molecule has 19 heavy (non-hydrogen) atoms. The zero-order valence-corrected chi connectivity index (χ0v) is 10.9. The number of aliphatic hydroxyl groups is 1. The maximum Gasteiger partial charge on any atom is 0.223 e. The van der Waals surface area contributed by atoms with Crippen LogP contribution in [0.3, 0.4) is 0 Å². The molecule has 0 aromatic rings. The Kier molecular flexibility index (Phi) is 4.05. The van der Waals surface area contributed by atoms with Gasteiger partial charge >= 0.3 is 0 Å². The number of rotatable bonds is 3. The number of β-amino-alcohol motifs (C(OH)–C–C–N with tert-alkyl or cyclic N) is 1. The number of hydrogen-bond acceptors (Lipinski definition) is 4. The number of nitrogens with one attached hydrogen (secondary N) is 1. The molecule has 0 aliphatic carbocycles. The van der Waals surface area contributed by atoms with Crippen LogP contribution in [0.5, 0.6) is 0 Å². The van der Waals surface area contributed by atoms with Crippen LogP contribution in [0.4, 0.5) is 0 Å². The number of nitriles is 1. The lowest BCUT2D eigenvalue weighted by Crippen LogP contribution is -2.63. The van der Waals surface area contributed by atoms with Crippen molar-refractivity contribution >= 4 is 11.8 Å². The highest BCUT2D eigenvalue weighted by Gasteiger charge is 2.43. The fraction of sp³-hybridized carbons (Fsp3) is 0.769. The van der Waals surface area contributed by atoms with E-state index in [1.807, 2.05) is 6.07 Å². The molecule has 2 heterocycles. The summed E-state index contributed by atoms with van der Waals surface area (Å²) in [6.07, 6.45) is 2.90. The van der Waals surface area contributed by atoms with Gasteiger partial charge in [-0.2, -0.15) is 5.26 Å². The van der Waals surface area contributed by atoms with Crippen molar-refractivity contribution in [1.82, 2.24) is 10.2 Å². The number of carbonyl (C=O) groups excluding carboxylic acids is 2. The zero-order valence-electron chi connectivity index (χ0n) is 10.9. The summed E-state index contributed by atoms with van der Waals surface area (Å²) in [5, 5.41) is 21.2. The summed E-state index contributed by atoms with van der Waals surface area (Å²) in [5.74, 6) is -0.400. The highest BCUT2D eigenvalue weighted by Crippen LogP contribution is 2.26. The summed E-state index contributed by atoms with van der Waals surface area (Å²) < 4.78 is 0. The van der Waals surface area contributed by atoms with Crippen LogP contribution in [0.1, 0.15) is 32.1 Å². The van der Waals surface area contributed by atoms with Crippen LogP contribution in [0.15, 0.2) is 0 Å². The van der Waals surface area contributed by atoms with E-state index in [2.05, 4.69) is 5.32 Å². The molecule has 2 aliphatic rings. The summed E-state index contributed by atoms with van der Waals surface area (Å²) in [6.45, 7) is 1.09. The van der Waals surface area contributed by atoms with Gasteiger partial charge in [-0.05, 0) is 12.8 Å². The van der Waals surface area contributed by atoms with Crippen LogP contribution in [0.25, 0.3) is 0 Å². The molecule has 0 aromatic heterocycles. The lowest BCUT2D eigenvalue weighted by Gasteiger charge is -2.45. The van der Waals surface area contributed by atoms with Gasteiger partial charge in [0, 0.05) is 18.9 Å². The SMILES string of the molecule is N#CCC1(O)CN(C(=O)CC2CCCCNC2=O)C1.